The minimum atomic E-state index is 0.183. The maximum atomic E-state index is 9.77. The normalized spacial score (nSPS) is 12.6. The fraction of sp³-hybridized carbons (Fsp3) is 0.0278. The first-order chi connectivity index (χ1) is 22.1. The summed E-state index contributed by atoms with van der Waals surface area (Å²) in [6.07, 6.45) is 11.0. The lowest BCUT2D eigenvalue weighted by Crippen LogP contribution is -2.33. The van der Waals surface area contributed by atoms with Crippen molar-refractivity contribution in [2.45, 2.75) is 6.92 Å². The molecular weight excluding hydrogens is 562 g/mol. The molecule has 8 rings (SSSR count). The van der Waals surface area contributed by atoms with Crippen LogP contribution in [0.4, 0.5) is 5.82 Å². The number of aryl methyl sites for hydroxylation is 1. The van der Waals surface area contributed by atoms with Gasteiger partial charge in [-0.25, -0.2) is 19.9 Å². The molecule has 0 saturated carbocycles. The number of nitrogens with zero attached hydrogens (tertiary/aromatic N) is 7. The van der Waals surface area contributed by atoms with Crippen LogP contribution in [0, 0.1) is 6.92 Å². The molecule has 1 aliphatic rings. The van der Waals surface area contributed by atoms with E-state index in [1.807, 2.05) is 89.1 Å². The van der Waals surface area contributed by atoms with Crippen LogP contribution in [-0.2, 0) is 0 Å². The van der Waals surface area contributed by atoms with Crippen LogP contribution in [-0.4, -0.2) is 40.6 Å². The number of phenolic OH excluding ortho intramolecular Hbond substituents is 1. The molecule has 45 heavy (non-hydrogen) atoms. The highest BCUT2D eigenvalue weighted by Crippen LogP contribution is 2.37. The Labute approximate surface area is 257 Å². The number of aliphatic imine (C=N–C) groups is 1. The number of rotatable bonds is 5. The molecule has 0 saturated heterocycles. The number of hydrogen-bond donors (Lipinski definition) is 1. The summed E-state index contributed by atoms with van der Waals surface area (Å²) in [5.41, 5.74) is 5.65. The number of para-hydroxylation sites is 2. The Kier molecular flexibility index (Phi) is 6.27. The van der Waals surface area contributed by atoms with Gasteiger partial charge in [-0.3, -0.25) is 4.57 Å². The summed E-state index contributed by atoms with van der Waals surface area (Å²) in [7, 11) is 0. The maximum absolute atomic E-state index is 9.77. The molecule has 9 nitrogen and oxygen atoms in total. The molecule has 0 atom stereocenters. The van der Waals surface area contributed by atoms with Gasteiger partial charge in [-0.1, -0.05) is 42.5 Å². The predicted molar refractivity (Wildman–Crippen MR) is 173 cm³/mol. The van der Waals surface area contributed by atoms with E-state index in [0.29, 0.717) is 28.5 Å². The van der Waals surface area contributed by atoms with Gasteiger partial charge in [0.2, 0.25) is 5.88 Å². The summed E-state index contributed by atoms with van der Waals surface area (Å²) in [5, 5.41) is 17.1. The van der Waals surface area contributed by atoms with E-state index in [-0.39, 0.29) is 5.75 Å². The molecule has 1 aliphatic heterocycles. The second-order valence-corrected chi connectivity index (χ2v) is 10.6. The standard InChI is InChI=1S/C36H25N7O2/c1-23-29-20-30-32(19-26-14-13-25-7-5-6-10-31(25)39-26)40-35(38-21-24-11-15-28(44)16-12-24)33(42-18-17-37-22-42)34(30)45-36(29)43(41-23)27-8-3-2-4-9-27/h2-22,44H,1H3/b32-19-,38-21?. The highest BCUT2D eigenvalue weighted by molar-refractivity contribution is 5.84. The van der Waals surface area contributed by atoms with Crippen LogP contribution in [0.1, 0.15) is 22.5 Å². The molecule has 0 amide bonds. The van der Waals surface area contributed by atoms with Crippen molar-refractivity contribution in [2.24, 2.45) is 4.99 Å². The molecule has 0 bridgehead atoms. The summed E-state index contributed by atoms with van der Waals surface area (Å²) in [6.45, 7) is 1.97. The Morgan fingerprint density at radius 1 is 0.889 bits per heavy atom. The third-order valence-electron chi connectivity index (χ3n) is 7.62. The number of ether oxygens (including phenoxy) is 1. The first-order valence-electron chi connectivity index (χ1n) is 14.4. The molecule has 9 heteroatoms. The van der Waals surface area contributed by atoms with E-state index in [2.05, 4.69) is 17.1 Å². The number of aromatic nitrogens is 6. The van der Waals surface area contributed by atoms with Gasteiger partial charge in [-0.05, 0) is 73.2 Å². The van der Waals surface area contributed by atoms with Gasteiger partial charge >= 0.3 is 0 Å². The van der Waals surface area contributed by atoms with E-state index in [9.17, 15) is 5.11 Å². The van der Waals surface area contributed by atoms with Crippen LogP contribution in [0.25, 0.3) is 34.4 Å². The smallest absolute Gasteiger partial charge is 0.230 e. The van der Waals surface area contributed by atoms with Crippen molar-refractivity contribution in [3.05, 3.63) is 143 Å². The average molecular weight is 588 g/mol. The van der Waals surface area contributed by atoms with Crippen LogP contribution < -0.4 is 15.3 Å². The summed E-state index contributed by atoms with van der Waals surface area (Å²) in [4.78, 5) is 19.1. The van der Waals surface area contributed by atoms with Crippen LogP contribution in [0.5, 0.6) is 17.4 Å². The minimum Gasteiger partial charge on any atom is -0.508 e. The Morgan fingerprint density at radius 2 is 1.71 bits per heavy atom. The molecule has 4 aromatic heterocycles. The minimum absolute atomic E-state index is 0.183. The molecule has 5 heterocycles. The fourth-order valence-corrected chi connectivity index (χ4v) is 5.41. The third kappa shape index (κ3) is 4.82. The molecular formula is C36H25N7O2. The predicted octanol–water partition coefficient (Wildman–Crippen LogP) is 5.53. The summed E-state index contributed by atoms with van der Waals surface area (Å²) in [6, 6.07) is 28.8. The van der Waals surface area contributed by atoms with E-state index < -0.39 is 0 Å². The molecule has 216 valence electrons. The highest BCUT2D eigenvalue weighted by atomic mass is 16.5. The van der Waals surface area contributed by atoms with Crippen molar-refractivity contribution >= 4 is 35.1 Å². The second kappa shape index (κ2) is 10.7. The van der Waals surface area contributed by atoms with Gasteiger partial charge in [0, 0.05) is 29.2 Å². The number of fused-ring (bicyclic) bond motifs is 3. The lowest BCUT2D eigenvalue weighted by molar-refractivity contribution is 0.433. The zero-order valence-corrected chi connectivity index (χ0v) is 24.1. The van der Waals surface area contributed by atoms with Gasteiger partial charge < -0.3 is 9.84 Å². The first-order valence-corrected chi connectivity index (χ1v) is 14.4. The zero-order chi connectivity index (χ0) is 30.3. The monoisotopic (exact) mass is 587 g/mol. The molecule has 7 aromatic rings. The van der Waals surface area contributed by atoms with E-state index in [1.54, 1.807) is 43.0 Å². The summed E-state index contributed by atoms with van der Waals surface area (Å²) in [5.74, 6) is 1.77. The number of benzene rings is 3. The fourth-order valence-electron chi connectivity index (χ4n) is 5.41. The van der Waals surface area contributed by atoms with Crippen molar-refractivity contribution in [3.63, 3.8) is 0 Å². The van der Waals surface area contributed by atoms with Crippen molar-refractivity contribution in [3.8, 4) is 28.8 Å². The average Bonchev–Trinajstić information content (AvgIpc) is 3.72. The maximum Gasteiger partial charge on any atom is 0.230 e. The number of imidazole rings is 1. The lowest BCUT2D eigenvalue weighted by Gasteiger charge is -2.19. The van der Waals surface area contributed by atoms with Crippen LogP contribution >= 0.6 is 0 Å². The van der Waals surface area contributed by atoms with Gasteiger partial charge in [0.15, 0.2) is 11.6 Å². The first kappa shape index (κ1) is 26.3. The highest BCUT2D eigenvalue weighted by Gasteiger charge is 2.26. The SMILES string of the molecule is Cc1nn(-c2ccccc2)c2c1C=c1c(c(-n3ccnc3)c(N=Cc3ccc(O)cc3)n/c1=C\c1ccc3ccccc3n1)O2. The van der Waals surface area contributed by atoms with Crippen molar-refractivity contribution < 1.29 is 9.84 Å². The van der Waals surface area contributed by atoms with Gasteiger partial charge in [-0.15, -0.1) is 0 Å². The van der Waals surface area contributed by atoms with Gasteiger partial charge in [-0.2, -0.15) is 9.78 Å². The molecule has 3 aromatic carbocycles. The van der Waals surface area contributed by atoms with Crippen molar-refractivity contribution in [2.75, 3.05) is 0 Å². The Hall–Kier alpha value is -6.35. The Balaban J connectivity index is 1.41. The summed E-state index contributed by atoms with van der Waals surface area (Å²) >= 11 is 0. The van der Waals surface area contributed by atoms with E-state index in [1.165, 1.54) is 0 Å². The molecule has 0 fully saturated rings. The van der Waals surface area contributed by atoms with Gasteiger partial charge in [0.25, 0.3) is 0 Å². The third-order valence-corrected chi connectivity index (χ3v) is 7.62. The van der Waals surface area contributed by atoms with Crippen LogP contribution in [0.2, 0.25) is 0 Å². The topological polar surface area (TPSA) is 103 Å². The Morgan fingerprint density at radius 3 is 2.53 bits per heavy atom. The van der Waals surface area contributed by atoms with Crippen molar-refractivity contribution in [1.82, 2.24) is 29.3 Å². The quantitative estimate of drug-likeness (QED) is 0.266. The van der Waals surface area contributed by atoms with Crippen molar-refractivity contribution in [1.29, 1.82) is 0 Å². The lowest BCUT2D eigenvalue weighted by atomic mass is 10.1. The number of phenols is 1. The largest absolute Gasteiger partial charge is 0.508 e. The van der Waals surface area contributed by atoms with Gasteiger partial charge in [0.05, 0.1) is 39.8 Å². The number of aromatic hydroxyl groups is 1. The van der Waals surface area contributed by atoms with E-state index in [4.69, 9.17) is 24.8 Å². The molecule has 0 spiro atoms. The summed E-state index contributed by atoms with van der Waals surface area (Å²) < 4.78 is 10.5. The second-order valence-electron chi connectivity index (χ2n) is 10.6. The van der Waals surface area contributed by atoms with Crippen LogP contribution in [0.15, 0.2) is 115 Å². The van der Waals surface area contributed by atoms with E-state index in [0.717, 1.165) is 44.3 Å². The van der Waals surface area contributed by atoms with Crippen LogP contribution in [0.3, 0.4) is 0 Å². The molecule has 0 aliphatic carbocycles. The Bertz CT molecular complexity index is 2360. The van der Waals surface area contributed by atoms with E-state index >= 15 is 0 Å². The zero-order valence-electron chi connectivity index (χ0n) is 24.1. The molecule has 0 unspecified atom stereocenters. The molecule has 1 N–H and O–H groups in total. The van der Waals surface area contributed by atoms with Gasteiger partial charge in [0.1, 0.15) is 11.4 Å². The number of pyridine rings is 2. The molecule has 0 radical (unpaired) electrons. The number of hydrogen-bond acceptors (Lipinski definition) is 7.